The minimum atomic E-state index is 0.524. The summed E-state index contributed by atoms with van der Waals surface area (Å²) in [7, 11) is 0. The van der Waals surface area contributed by atoms with Crippen LogP contribution in [0.4, 0.5) is 5.69 Å². The molecule has 0 radical (unpaired) electrons. The third kappa shape index (κ3) is 1.52. The van der Waals surface area contributed by atoms with Crippen molar-refractivity contribution in [2.45, 2.75) is 32.7 Å². The molecule has 1 unspecified atom stereocenters. The Hall–Kier alpha value is -1.02. The highest BCUT2D eigenvalue weighted by atomic mass is 15.2. The molecule has 1 aliphatic heterocycles. The fraction of sp³-hybridized carbons (Fsp3) is 0.571. The van der Waals surface area contributed by atoms with Gasteiger partial charge in [0.05, 0.1) is 0 Å². The summed E-state index contributed by atoms with van der Waals surface area (Å²) < 4.78 is 0. The zero-order chi connectivity index (χ0) is 11.3. The Morgan fingerprint density at radius 3 is 2.75 bits per heavy atom. The number of likely N-dealkylation sites (tertiary alicyclic amines) is 1. The van der Waals surface area contributed by atoms with E-state index < -0.39 is 0 Å². The van der Waals surface area contributed by atoms with Crippen LogP contribution in [-0.2, 0) is 6.42 Å². The van der Waals surface area contributed by atoms with Crippen molar-refractivity contribution in [1.29, 1.82) is 0 Å². The van der Waals surface area contributed by atoms with Gasteiger partial charge in [0.15, 0.2) is 0 Å². The van der Waals surface area contributed by atoms with E-state index in [0.717, 1.165) is 5.69 Å². The Kier molecular flexibility index (Phi) is 2.05. The number of nitrogen functional groups attached to an aromatic ring is 1. The van der Waals surface area contributed by atoms with Crippen molar-refractivity contribution in [3.8, 4) is 0 Å². The van der Waals surface area contributed by atoms with Gasteiger partial charge >= 0.3 is 0 Å². The molecular formula is C14H20N2. The minimum absolute atomic E-state index is 0.524. The number of nitrogens with two attached hydrogens (primary N) is 1. The van der Waals surface area contributed by atoms with E-state index in [4.69, 9.17) is 5.73 Å². The van der Waals surface area contributed by atoms with Crippen molar-refractivity contribution in [1.82, 2.24) is 4.90 Å². The predicted molar refractivity (Wildman–Crippen MR) is 67.3 cm³/mol. The van der Waals surface area contributed by atoms with Crippen LogP contribution in [0.25, 0.3) is 0 Å². The number of anilines is 1. The van der Waals surface area contributed by atoms with Gasteiger partial charge < -0.3 is 5.73 Å². The van der Waals surface area contributed by atoms with Gasteiger partial charge in [-0.25, -0.2) is 0 Å². The summed E-state index contributed by atoms with van der Waals surface area (Å²) in [6, 6.07) is 7.08. The first-order valence-corrected chi connectivity index (χ1v) is 6.17. The maximum absolute atomic E-state index is 5.83. The van der Waals surface area contributed by atoms with E-state index in [1.807, 2.05) is 6.07 Å². The van der Waals surface area contributed by atoms with Crippen LogP contribution in [0.5, 0.6) is 0 Å². The van der Waals surface area contributed by atoms with Gasteiger partial charge in [-0.05, 0) is 41.5 Å². The molecule has 16 heavy (non-hydrogen) atoms. The number of fused-ring (bicyclic) bond motifs is 1. The lowest BCUT2D eigenvalue weighted by atomic mass is 9.82. The van der Waals surface area contributed by atoms with Crippen LogP contribution in [-0.4, -0.2) is 18.0 Å². The predicted octanol–water partition coefficient (Wildman–Crippen LogP) is 2.60. The number of nitrogens with zero attached hydrogens (tertiary/aromatic N) is 1. The van der Waals surface area contributed by atoms with Crippen molar-refractivity contribution < 1.29 is 0 Å². The molecule has 2 nitrogen and oxygen atoms in total. The molecular weight excluding hydrogens is 196 g/mol. The largest absolute Gasteiger partial charge is 0.399 e. The molecule has 0 amide bonds. The molecule has 0 spiro atoms. The van der Waals surface area contributed by atoms with Crippen molar-refractivity contribution in [3.63, 3.8) is 0 Å². The van der Waals surface area contributed by atoms with Crippen LogP contribution < -0.4 is 5.73 Å². The first kappa shape index (κ1) is 10.2. The Morgan fingerprint density at radius 2 is 2.06 bits per heavy atom. The lowest BCUT2D eigenvalue weighted by molar-refractivity contribution is -0.00639. The van der Waals surface area contributed by atoms with E-state index in [-0.39, 0.29) is 0 Å². The molecule has 1 saturated heterocycles. The van der Waals surface area contributed by atoms with E-state index in [0.29, 0.717) is 11.5 Å². The summed E-state index contributed by atoms with van der Waals surface area (Å²) in [4.78, 5) is 2.61. The standard InChI is InChI=1S/C14H20N2/c1-14(2)8-16(9-14)13-6-3-10-7-11(15)4-5-12(10)13/h4-5,7,13H,3,6,8-9,15H2,1-2H3. The van der Waals surface area contributed by atoms with E-state index in [1.54, 1.807) is 0 Å². The van der Waals surface area contributed by atoms with Gasteiger partial charge in [0, 0.05) is 24.8 Å². The number of hydrogen-bond donors (Lipinski definition) is 1. The third-order valence-electron chi connectivity index (χ3n) is 3.92. The number of benzene rings is 1. The molecule has 2 heteroatoms. The highest BCUT2D eigenvalue weighted by Crippen LogP contribution is 2.43. The van der Waals surface area contributed by atoms with Gasteiger partial charge in [-0.3, -0.25) is 4.90 Å². The summed E-state index contributed by atoms with van der Waals surface area (Å²) in [6.45, 7) is 7.17. The molecule has 3 rings (SSSR count). The van der Waals surface area contributed by atoms with Gasteiger partial charge in [-0.15, -0.1) is 0 Å². The molecule has 0 saturated carbocycles. The van der Waals surface area contributed by atoms with Gasteiger partial charge in [-0.2, -0.15) is 0 Å². The normalized spacial score (nSPS) is 27.5. The van der Waals surface area contributed by atoms with Crippen LogP contribution in [0.3, 0.4) is 0 Å². The minimum Gasteiger partial charge on any atom is -0.399 e. The van der Waals surface area contributed by atoms with Gasteiger partial charge in [0.2, 0.25) is 0 Å². The molecule has 1 fully saturated rings. The Labute approximate surface area is 97.4 Å². The molecule has 86 valence electrons. The van der Waals surface area contributed by atoms with Gasteiger partial charge in [0.25, 0.3) is 0 Å². The molecule has 1 atom stereocenters. The Morgan fingerprint density at radius 1 is 1.31 bits per heavy atom. The average molecular weight is 216 g/mol. The van der Waals surface area contributed by atoms with Crippen LogP contribution in [0.15, 0.2) is 18.2 Å². The first-order valence-electron chi connectivity index (χ1n) is 6.17. The molecule has 1 aromatic rings. The van der Waals surface area contributed by atoms with E-state index in [2.05, 4.69) is 30.9 Å². The third-order valence-corrected chi connectivity index (χ3v) is 3.92. The number of rotatable bonds is 1. The van der Waals surface area contributed by atoms with Gasteiger partial charge in [-0.1, -0.05) is 19.9 Å². The lowest BCUT2D eigenvalue weighted by Crippen LogP contribution is -2.53. The molecule has 2 aliphatic rings. The second-order valence-corrected chi connectivity index (χ2v) is 6.08. The van der Waals surface area contributed by atoms with E-state index in [1.165, 1.54) is 37.1 Å². The Bertz CT molecular complexity index is 415. The summed E-state index contributed by atoms with van der Waals surface area (Å²) >= 11 is 0. The summed E-state index contributed by atoms with van der Waals surface area (Å²) in [5.41, 5.74) is 10.2. The van der Waals surface area contributed by atoms with Crippen LogP contribution in [0.1, 0.15) is 37.4 Å². The first-order chi connectivity index (χ1) is 7.55. The SMILES string of the molecule is CC1(C)CN(C2CCc3cc(N)ccc32)C1. The summed E-state index contributed by atoms with van der Waals surface area (Å²) in [5, 5.41) is 0. The molecule has 1 aromatic carbocycles. The van der Waals surface area contributed by atoms with Crippen molar-refractivity contribution in [3.05, 3.63) is 29.3 Å². The molecule has 0 bridgehead atoms. The van der Waals surface area contributed by atoms with Crippen LogP contribution in [0.2, 0.25) is 0 Å². The Balaban J connectivity index is 1.82. The smallest absolute Gasteiger partial charge is 0.0354 e. The molecule has 2 N–H and O–H groups in total. The van der Waals surface area contributed by atoms with Gasteiger partial charge in [0.1, 0.15) is 0 Å². The monoisotopic (exact) mass is 216 g/mol. The molecule has 1 heterocycles. The topological polar surface area (TPSA) is 29.3 Å². The second kappa shape index (κ2) is 3.24. The van der Waals surface area contributed by atoms with E-state index >= 15 is 0 Å². The highest BCUT2D eigenvalue weighted by Gasteiger charge is 2.40. The van der Waals surface area contributed by atoms with Crippen LogP contribution in [0, 0.1) is 5.41 Å². The summed E-state index contributed by atoms with van der Waals surface area (Å²) in [6.07, 6.45) is 2.47. The zero-order valence-electron chi connectivity index (χ0n) is 10.2. The maximum Gasteiger partial charge on any atom is 0.0354 e. The van der Waals surface area contributed by atoms with Crippen molar-refractivity contribution in [2.75, 3.05) is 18.8 Å². The highest BCUT2D eigenvalue weighted by molar-refractivity contribution is 5.47. The fourth-order valence-electron chi connectivity index (χ4n) is 3.27. The van der Waals surface area contributed by atoms with Crippen LogP contribution >= 0.6 is 0 Å². The zero-order valence-corrected chi connectivity index (χ0v) is 10.2. The van der Waals surface area contributed by atoms with Crippen molar-refractivity contribution >= 4 is 5.69 Å². The average Bonchev–Trinajstić information content (AvgIpc) is 2.56. The van der Waals surface area contributed by atoms with E-state index in [9.17, 15) is 0 Å². The summed E-state index contributed by atoms with van der Waals surface area (Å²) in [5.74, 6) is 0. The molecule has 0 aromatic heterocycles. The number of hydrogen-bond acceptors (Lipinski definition) is 2. The quantitative estimate of drug-likeness (QED) is 0.731. The molecule has 1 aliphatic carbocycles. The lowest BCUT2D eigenvalue weighted by Gasteiger charge is -2.49. The maximum atomic E-state index is 5.83. The fourth-order valence-corrected chi connectivity index (χ4v) is 3.27. The number of aryl methyl sites for hydroxylation is 1. The van der Waals surface area contributed by atoms with Crippen molar-refractivity contribution in [2.24, 2.45) is 5.41 Å². The second-order valence-electron chi connectivity index (χ2n) is 6.08.